The highest BCUT2D eigenvalue weighted by atomic mass is 32.2. The highest BCUT2D eigenvalue weighted by Crippen LogP contribution is 2.18. The molecule has 0 aliphatic rings. The fourth-order valence-electron chi connectivity index (χ4n) is 1.39. The summed E-state index contributed by atoms with van der Waals surface area (Å²) in [5.74, 6) is -0.807. The third-order valence-electron chi connectivity index (χ3n) is 2.20. The van der Waals surface area contributed by atoms with E-state index in [1.807, 2.05) is 13.8 Å². The molecule has 0 aromatic carbocycles. The van der Waals surface area contributed by atoms with Gasteiger partial charge in [-0.2, -0.15) is 0 Å². The first kappa shape index (κ1) is 14.8. The topological polar surface area (TPSA) is 97.2 Å². The monoisotopic (exact) mass is 275 g/mol. The molecule has 1 unspecified atom stereocenters. The van der Waals surface area contributed by atoms with E-state index in [0.717, 1.165) is 0 Å². The fourth-order valence-corrected chi connectivity index (χ4v) is 2.47. The molecule has 1 aromatic rings. The molecule has 0 aliphatic heterocycles. The van der Waals surface area contributed by atoms with E-state index < -0.39 is 12.1 Å². The van der Waals surface area contributed by atoms with Crippen LogP contribution in [0.15, 0.2) is 9.95 Å². The number of hydrogen-bond acceptors (Lipinski definition) is 5. The van der Waals surface area contributed by atoms with Gasteiger partial charge in [-0.1, -0.05) is 11.8 Å². The van der Waals surface area contributed by atoms with E-state index in [1.54, 1.807) is 6.92 Å². The third-order valence-corrected chi connectivity index (χ3v) is 3.21. The summed E-state index contributed by atoms with van der Waals surface area (Å²) in [5, 5.41) is 15.6. The number of rotatable bonds is 7. The predicted octanol–water partition coefficient (Wildman–Crippen LogP) is 0.734. The van der Waals surface area contributed by atoms with Crippen molar-refractivity contribution in [3.05, 3.63) is 10.5 Å². The highest BCUT2D eigenvalue weighted by Gasteiger charge is 2.20. The maximum absolute atomic E-state index is 11.5. The lowest BCUT2D eigenvalue weighted by molar-refractivity contribution is -0.148. The van der Waals surface area contributed by atoms with Crippen LogP contribution in [0.1, 0.15) is 26.8 Å². The van der Waals surface area contributed by atoms with Crippen molar-refractivity contribution in [3.63, 3.8) is 0 Å². The van der Waals surface area contributed by atoms with Crippen LogP contribution >= 0.6 is 11.8 Å². The number of aromatic nitrogens is 3. The number of aromatic amines is 1. The number of nitrogens with zero attached hydrogens (tertiary/aromatic N) is 2. The Bertz CT molecular complexity index is 454. The van der Waals surface area contributed by atoms with Crippen LogP contribution in [0.25, 0.3) is 0 Å². The Morgan fingerprint density at radius 3 is 2.78 bits per heavy atom. The number of nitrogens with one attached hydrogen (secondary N) is 1. The Kier molecular flexibility index (Phi) is 5.42. The van der Waals surface area contributed by atoms with Crippen LogP contribution in [0.5, 0.6) is 0 Å². The molecule has 1 atom stereocenters. The number of carboxylic acids is 1. The van der Waals surface area contributed by atoms with Crippen molar-refractivity contribution < 1.29 is 14.6 Å². The van der Waals surface area contributed by atoms with Gasteiger partial charge in [0, 0.05) is 18.4 Å². The highest BCUT2D eigenvalue weighted by molar-refractivity contribution is 7.99. The summed E-state index contributed by atoms with van der Waals surface area (Å²) in [6.07, 6.45) is -0.896. The molecule has 7 nitrogen and oxygen atoms in total. The van der Waals surface area contributed by atoms with Gasteiger partial charge in [-0.3, -0.25) is 4.57 Å². The molecule has 0 radical (unpaired) electrons. The van der Waals surface area contributed by atoms with Gasteiger partial charge in [0.15, 0.2) is 11.3 Å². The van der Waals surface area contributed by atoms with Gasteiger partial charge in [-0.25, -0.2) is 14.7 Å². The Labute approximate surface area is 109 Å². The average molecular weight is 275 g/mol. The number of carboxylic acid groups (broad SMARTS) is 1. The van der Waals surface area contributed by atoms with E-state index >= 15 is 0 Å². The first-order valence-electron chi connectivity index (χ1n) is 5.61. The van der Waals surface area contributed by atoms with Gasteiger partial charge in [-0.15, -0.1) is 5.10 Å². The van der Waals surface area contributed by atoms with Gasteiger partial charge in [-0.05, 0) is 20.8 Å². The standard InChI is InChI=1S/C10H17N3O4S/c1-4-17-7(8(14)15)5-18-10-12-11-9(16)13(10)6(2)3/h6-7H,4-5H2,1-3H3,(H,11,16)(H,14,15). The second-order valence-corrected chi connectivity index (χ2v) is 4.86. The van der Waals surface area contributed by atoms with Crippen LogP contribution < -0.4 is 5.69 Å². The van der Waals surface area contributed by atoms with Gasteiger partial charge in [0.25, 0.3) is 0 Å². The zero-order valence-electron chi connectivity index (χ0n) is 10.5. The van der Waals surface area contributed by atoms with Gasteiger partial charge in [0.05, 0.1) is 0 Å². The van der Waals surface area contributed by atoms with Crippen molar-refractivity contribution in [2.24, 2.45) is 0 Å². The molecule has 1 aromatic heterocycles. The smallest absolute Gasteiger partial charge is 0.344 e. The van der Waals surface area contributed by atoms with Crippen LogP contribution in [0.4, 0.5) is 0 Å². The molecular formula is C10H17N3O4S. The number of ether oxygens (including phenoxy) is 1. The zero-order valence-corrected chi connectivity index (χ0v) is 11.4. The summed E-state index contributed by atoms with van der Waals surface area (Å²) < 4.78 is 6.57. The van der Waals surface area contributed by atoms with Crippen molar-refractivity contribution in [2.45, 2.75) is 38.1 Å². The molecule has 0 bridgehead atoms. The molecule has 2 N–H and O–H groups in total. The second kappa shape index (κ2) is 6.60. The number of H-pyrrole nitrogens is 1. The minimum absolute atomic E-state index is 0.0332. The van der Waals surface area contributed by atoms with Crippen LogP contribution in [-0.4, -0.2) is 44.3 Å². The zero-order chi connectivity index (χ0) is 13.7. The molecule has 102 valence electrons. The molecule has 0 amide bonds. The van der Waals surface area contributed by atoms with Crippen LogP contribution in [0.2, 0.25) is 0 Å². The molecular weight excluding hydrogens is 258 g/mol. The molecule has 1 rings (SSSR count). The summed E-state index contributed by atoms with van der Waals surface area (Å²) in [4.78, 5) is 22.4. The SMILES string of the molecule is CCOC(CSc1n[nH]c(=O)n1C(C)C)C(=O)O. The van der Waals surface area contributed by atoms with E-state index in [9.17, 15) is 9.59 Å². The summed E-state index contributed by atoms with van der Waals surface area (Å²) in [5.41, 5.74) is -0.296. The largest absolute Gasteiger partial charge is 0.479 e. The molecule has 1 heterocycles. The third kappa shape index (κ3) is 3.61. The first-order chi connectivity index (χ1) is 8.47. The van der Waals surface area contributed by atoms with E-state index in [4.69, 9.17) is 9.84 Å². The quantitative estimate of drug-likeness (QED) is 0.712. The Balaban J connectivity index is 2.73. The van der Waals surface area contributed by atoms with E-state index in [2.05, 4.69) is 10.2 Å². The van der Waals surface area contributed by atoms with Gasteiger partial charge in [0.1, 0.15) is 0 Å². The predicted molar refractivity (Wildman–Crippen MR) is 67.0 cm³/mol. The summed E-state index contributed by atoms with van der Waals surface area (Å²) >= 11 is 1.19. The molecule has 18 heavy (non-hydrogen) atoms. The lowest BCUT2D eigenvalue weighted by atomic mass is 10.4. The number of hydrogen-bond donors (Lipinski definition) is 2. The minimum atomic E-state index is -1.02. The number of carbonyl (C=O) groups is 1. The average Bonchev–Trinajstić information content (AvgIpc) is 2.65. The molecule has 0 spiro atoms. The maximum Gasteiger partial charge on any atom is 0.344 e. The van der Waals surface area contributed by atoms with Crippen molar-refractivity contribution >= 4 is 17.7 Å². The summed E-state index contributed by atoms with van der Waals surface area (Å²) in [6, 6.07) is -0.0332. The van der Waals surface area contributed by atoms with Gasteiger partial charge < -0.3 is 9.84 Å². The van der Waals surface area contributed by atoms with Crippen molar-refractivity contribution in [1.29, 1.82) is 0 Å². The van der Waals surface area contributed by atoms with Crippen molar-refractivity contribution in [2.75, 3.05) is 12.4 Å². The minimum Gasteiger partial charge on any atom is -0.479 e. The normalized spacial score (nSPS) is 12.9. The van der Waals surface area contributed by atoms with Crippen LogP contribution in [0.3, 0.4) is 0 Å². The summed E-state index contributed by atoms with van der Waals surface area (Å²) in [7, 11) is 0. The van der Waals surface area contributed by atoms with Gasteiger partial charge in [0.2, 0.25) is 0 Å². The Morgan fingerprint density at radius 2 is 2.28 bits per heavy atom. The number of thioether (sulfide) groups is 1. The first-order valence-corrected chi connectivity index (χ1v) is 6.60. The molecule has 0 saturated carbocycles. The Hall–Kier alpha value is -1.28. The van der Waals surface area contributed by atoms with Gasteiger partial charge >= 0.3 is 11.7 Å². The van der Waals surface area contributed by atoms with E-state index in [0.29, 0.717) is 11.8 Å². The lowest BCUT2D eigenvalue weighted by Gasteiger charge is -2.12. The molecule has 0 fully saturated rings. The van der Waals surface area contributed by atoms with Crippen molar-refractivity contribution in [3.8, 4) is 0 Å². The van der Waals surface area contributed by atoms with E-state index in [1.165, 1.54) is 16.3 Å². The Morgan fingerprint density at radius 1 is 1.61 bits per heavy atom. The van der Waals surface area contributed by atoms with Crippen LogP contribution in [0, 0.1) is 0 Å². The molecule has 8 heteroatoms. The van der Waals surface area contributed by atoms with Crippen molar-refractivity contribution in [1.82, 2.24) is 14.8 Å². The maximum atomic E-state index is 11.5. The molecule has 0 saturated heterocycles. The van der Waals surface area contributed by atoms with E-state index in [-0.39, 0.29) is 17.5 Å². The fraction of sp³-hybridized carbons (Fsp3) is 0.700. The molecule has 0 aliphatic carbocycles. The van der Waals surface area contributed by atoms with Crippen LogP contribution in [-0.2, 0) is 9.53 Å². The lowest BCUT2D eigenvalue weighted by Crippen LogP contribution is -2.27. The summed E-state index contributed by atoms with van der Waals surface area (Å²) in [6.45, 7) is 5.78. The number of aliphatic carboxylic acids is 1. The second-order valence-electron chi connectivity index (χ2n) is 3.87.